The number of pyridine rings is 1. The van der Waals surface area contributed by atoms with E-state index in [2.05, 4.69) is 51.1 Å². The molecular formula is C24H24BrFN4O. The molecule has 7 heteroatoms. The van der Waals surface area contributed by atoms with Gasteiger partial charge in [-0.25, -0.2) is 9.37 Å². The Balaban J connectivity index is 1.49. The van der Waals surface area contributed by atoms with Gasteiger partial charge in [-0.05, 0) is 62.0 Å². The Hall–Kier alpha value is -2.77. The number of carbonyl (C=O) groups excluding carboxylic acids is 1. The summed E-state index contributed by atoms with van der Waals surface area (Å²) < 4.78 is 14.6. The lowest BCUT2D eigenvalue weighted by Crippen LogP contribution is -2.44. The van der Waals surface area contributed by atoms with Crippen molar-refractivity contribution in [1.29, 1.82) is 0 Å². The molecule has 31 heavy (non-hydrogen) atoms. The fraction of sp³-hybridized carbons (Fsp3) is 0.250. The van der Waals surface area contributed by atoms with Crippen LogP contribution in [-0.2, 0) is 4.79 Å². The van der Waals surface area contributed by atoms with Gasteiger partial charge in [0.05, 0.1) is 5.52 Å². The molecule has 0 saturated carbocycles. The number of nitrogens with zero attached hydrogens (tertiary/aromatic N) is 3. The number of nitrogens with one attached hydrogen (secondary N) is 1. The highest BCUT2D eigenvalue weighted by atomic mass is 79.9. The Morgan fingerprint density at radius 3 is 2.65 bits per heavy atom. The monoisotopic (exact) mass is 482 g/mol. The second kappa shape index (κ2) is 9.16. The first kappa shape index (κ1) is 21.5. The third-order valence-electron chi connectivity index (χ3n) is 5.47. The van der Waals surface area contributed by atoms with Crippen molar-refractivity contribution in [2.75, 3.05) is 43.4 Å². The van der Waals surface area contributed by atoms with Crippen molar-refractivity contribution in [3.8, 4) is 0 Å². The second-order valence-corrected chi connectivity index (χ2v) is 8.72. The number of aromatic nitrogens is 1. The van der Waals surface area contributed by atoms with Crippen LogP contribution in [0.25, 0.3) is 17.0 Å². The maximum atomic E-state index is 13.9. The average molecular weight is 483 g/mol. The van der Waals surface area contributed by atoms with Crippen LogP contribution in [-0.4, -0.2) is 49.0 Å². The number of halogens is 2. The van der Waals surface area contributed by atoms with E-state index in [1.54, 1.807) is 12.1 Å². The molecule has 4 rings (SSSR count). The highest BCUT2D eigenvalue weighted by molar-refractivity contribution is 9.10. The summed E-state index contributed by atoms with van der Waals surface area (Å²) >= 11 is 3.22. The quantitative estimate of drug-likeness (QED) is 0.540. The van der Waals surface area contributed by atoms with Gasteiger partial charge in [0.1, 0.15) is 11.6 Å². The van der Waals surface area contributed by atoms with Gasteiger partial charge in [-0.2, -0.15) is 0 Å². The van der Waals surface area contributed by atoms with Gasteiger partial charge in [-0.15, -0.1) is 0 Å². The lowest BCUT2D eigenvalue weighted by molar-refractivity contribution is -0.111. The van der Waals surface area contributed by atoms with Crippen LogP contribution in [0.3, 0.4) is 0 Å². The van der Waals surface area contributed by atoms with Crippen molar-refractivity contribution in [1.82, 2.24) is 9.88 Å². The Kier molecular flexibility index (Phi) is 6.34. The number of aryl methyl sites for hydroxylation is 1. The molecule has 1 N–H and O–H groups in total. The van der Waals surface area contributed by atoms with Crippen LogP contribution >= 0.6 is 15.9 Å². The number of fused-ring (bicyclic) bond motifs is 1. The van der Waals surface area contributed by atoms with E-state index in [0.717, 1.165) is 48.5 Å². The molecular weight excluding hydrogens is 459 g/mol. The minimum absolute atomic E-state index is 0.318. The number of likely N-dealkylation sites (N-methyl/N-ethyl adjacent to an activating group) is 1. The van der Waals surface area contributed by atoms with Crippen molar-refractivity contribution < 1.29 is 9.18 Å². The standard InChI is InChI=1S/C24H24BrFN4O/c1-16-13-23(30-11-9-29(2)10-12-30)28-22-7-6-19(15-20(16)22)27-24(31)8-4-17-3-5-18(25)14-21(17)26/h3-8,13-15H,9-12H2,1-2H3,(H,27,31). The zero-order valence-electron chi connectivity index (χ0n) is 17.5. The second-order valence-electron chi connectivity index (χ2n) is 7.81. The Morgan fingerprint density at radius 1 is 1.13 bits per heavy atom. The third-order valence-corrected chi connectivity index (χ3v) is 5.97. The summed E-state index contributed by atoms with van der Waals surface area (Å²) in [6, 6.07) is 12.5. The molecule has 0 radical (unpaired) electrons. The number of hydrogen-bond acceptors (Lipinski definition) is 4. The van der Waals surface area contributed by atoms with Crippen molar-refractivity contribution in [3.05, 3.63) is 70.0 Å². The number of hydrogen-bond donors (Lipinski definition) is 1. The third kappa shape index (κ3) is 5.11. The zero-order valence-corrected chi connectivity index (χ0v) is 19.1. The van der Waals surface area contributed by atoms with Gasteiger partial charge in [0.15, 0.2) is 0 Å². The predicted octanol–water partition coefficient (Wildman–Crippen LogP) is 4.85. The van der Waals surface area contributed by atoms with Gasteiger partial charge in [-0.1, -0.05) is 22.0 Å². The van der Waals surface area contributed by atoms with E-state index in [1.165, 1.54) is 18.2 Å². The summed E-state index contributed by atoms with van der Waals surface area (Å²) in [6.45, 7) is 6.05. The molecule has 0 unspecified atom stereocenters. The van der Waals surface area contributed by atoms with E-state index in [9.17, 15) is 9.18 Å². The van der Waals surface area contributed by atoms with E-state index < -0.39 is 0 Å². The number of rotatable bonds is 4. The maximum absolute atomic E-state index is 13.9. The molecule has 160 valence electrons. The summed E-state index contributed by atoms with van der Waals surface area (Å²) in [4.78, 5) is 21.8. The summed E-state index contributed by atoms with van der Waals surface area (Å²) in [5.41, 5.74) is 3.05. The number of anilines is 2. The number of piperazine rings is 1. The summed E-state index contributed by atoms with van der Waals surface area (Å²) in [5, 5.41) is 3.84. The van der Waals surface area contributed by atoms with Crippen LogP contribution in [0.1, 0.15) is 11.1 Å². The Labute approximate surface area is 189 Å². The topological polar surface area (TPSA) is 48.5 Å². The van der Waals surface area contributed by atoms with E-state index in [0.29, 0.717) is 15.7 Å². The molecule has 0 bridgehead atoms. The Bertz CT molecular complexity index is 1160. The van der Waals surface area contributed by atoms with Crippen LogP contribution in [0, 0.1) is 12.7 Å². The smallest absolute Gasteiger partial charge is 0.248 e. The minimum atomic E-state index is -0.387. The normalized spacial score (nSPS) is 15.0. The van der Waals surface area contributed by atoms with Gasteiger partial charge in [-0.3, -0.25) is 4.79 Å². The highest BCUT2D eigenvalue weighted by Crippen LogP contribution is 2.26. The predicted molar refractivity (Wildman–Crippen MR) is 128 cm³/mol. The van der Waals surface area contributed by atoms with E-state index >= 15 is 0 Å². The lowest BCUT2D eigenvalue weighted by atomic mass is 10.1. The van der Waals surface area contributed by atoms with E-state index in [4.69, 9.17) is 4.98 Å². The van der Waals surface area contributed by atoms with Crippen LogP contribution < -0.4 is 10.2 Å². The van der Waals surface area contributed by atoms with Crippen LogP contribution in [0.15, 0.2) is 53.0 Å². The fourth-order valence-electron chi connectivity index (χ4n) is 3.64. The molecule has 2 heterocycles. The summed E-state index contributed by atoms with van der Waals surface area (Å²) in [6.07, 6.45) is 2.80. The molecule has 1 fully saturated rings. The number of amides is 1. The van der Waals surface area contributed by atoms with Crippen LogP contribution in [0.2, 0.25) is 0 Å². The number of carbonyl (C=O) groups is 1. The number of benzene rings is 2. The van der Waals surface area contributed by atoms with Crippen molar-refractivity contribution >= 4 is 50.3 Å². The van der Waals surface area contributed by atoms with Crippen LogP contribution in [0.4, 0.5) is 15.9 Å². The van der Waals surface area contributed by atoms with Crippen molar-refractivity contribution in [2.24, 2.45) is 0 Å². The molecule has 1 aliphatic heterocycles. The Morgan fingerprint density at radius 2 is 1.90 bits per heavy atom. The summed E-state index contributed by atoms with van der Waals surface area (Å²) in [5.74, 6) is 0.290. The first-order chi connectivity index (χ1) is 14.9. The molecule has 5 nitrogen and oxygen atoms in total. The lowest BCUT2D eigenvalue weighted by Gasteiger charge is -2.33. The van der Waals surface area contributed by atoms with E-state index in [-0.39, 0.29) is 11.7 Å². The molecule has 0 aliphatic carbocycles. The minimum Gasteiger partial charge on any atom is -0.354 e. The van der Waals surface area contributed by atoms with Gasteiger partial charge in [0.2, 0.25) is 5.91 Å². The largest absolute Gasteiger partial charge is 0.354 e. The van der Waals surface area contributed by atoms with Crippen molar-refractivity contribution in [2.45, 2.75) is 6.92 Å². The molecule has 1 aliphatic rings. The zero-order chi connectivity index (χ0) is 22.0. The average Bonchev–Trinajstić information content (AvgIpc) is 2.74. The molecule has 2 aromatic carbocycles. The molecule has 1 saturated heterocycles. The SMILES string of the molecule is Cc1cc(N2CCN(C)CC2)nc2ccc(NC(=O)C=Cc3ccc(Br)cc3F)cc12. The highest BCUT2D eigenvalue weighted by Gasteiger charge is 2.16. The molecule has 1 amide bonds. The first-order valence-corrected chi connectivity index (χ1v) is 11.0. The fourth-order valence-corrected chi connectivity index (χ4v) is 3.97. The van der Waals surface area contributed by atoms with Crippen molar-refractivity contribution in [3.63, 3.8) is 0 Å². The van der Waals surface area contributed by atoms with Gasteiger partial charge < -0.3 is 15.1 Å². The van der Waals surface area contributed by atoms with E-state index in [1.807, 2.05) is 18.2 Å². The molecule has 0 atom stereocenters. The molecule has 3 aromatic rings. The van der Waals surface area contributed by atoms with Crippen LogP contribution in [0.5, 0.6) is 0 Å². The van der Waals surface area contributed by atoms with Gasteiger partial charge in [0.25, 0.3) is 0 Å². The maximum Gasteiger partial charge on any atom is 0.248 e. The first-order valence-electron chi connectivity index (χ1n) is 10.2. The van der Waals surface area contributed by atoms with Gasteiger partial charge >= 0.3 is 0 Å². The molecule has 1 aromatic heterocycles. The molecule has 0 spiro atoms. The van der Waals surface area contributed by atoms with Gasteiger partial charge in [0, 0.05) is 53.4 Å². The summed E-state index contributed by atoms with van der Waals surface area (Å²) in [7, 11) is 2.14.